The monoisotopic (exact) mass is 585 g/mol. The van der Waals surface area contributed by atoms with E-state index >= 15 is 0 Å². The Hall–Kier alpha value is -6.19. The highest BCUT2D eigenvalue weighted by Gasteiger charge is 2.18. The van der Waals surface area contributed by atoms with Gasteiger partial charge in [0, 0.05) is 18.0 Å². The largest absolute Gasteiger partial charge is 0.244 e. The fraction of sp³-hybridized carbons (Fsp3) is 0. The maximum Gasteiger partial charge on any atom is 0.178 e. The first-order chi connectivity index (χ1) is 22.8. The van der Waals surface area contributed by atoms with E-state index < -0.39 is 0 Å². The van der Waals surface area contributed by atoms with Crippen LogP contribution in [0, 0.1) is 0 Å². The molecule has 0 unspecified atom stereocenters. The van der Waals surface area contributed by atoms with E-state index in [1.807, 2.05) is 18.2 Å². The minimum absolute atomic E-state index is 0.617. The Morgan fingerprint density at radius 3 is 1.50 bits per heavy atom. The van der Waals surface area contributed by atoms with Crippen LogP contribution in [0.3, 0.4) is 0 Å². The molecule has 0 radical (unpaired) electrons. The summed E-state index contributed by atoms with van der Waals surface area (Å²) in [6.07, 6.45) is 3.50. The quantitative estimate of drug-likeness (QED) is 0.193. The lowest BCUT2D eigenvalue weighted by Gasteiger charge is -2.19. The highest BCUT2D eigenvalue weighted by Crippen LogP contribution is 2.45. The molecule has 0 aliphatic carbocycles. The lowest BCUT2D eigenvalue weighted by atomic mass is 9.84. The number of aromatic nitrogens is 3. The lowest BCUT2D eigenvalue weighted by Crippen LogP contribution is -1.94. The van der Waals surface area contributed by atoms with Gasteiger partial charge in [-0.25, -0.2) is 15.0 Å². The van der Waals surface area contributed by atoms with Crippen molar-refractivity contribution >= 4 is 43.1 Å². The Morgan fingerprint density at radius 1 is 0.326 bits per heavy atom. The lowest BCUT2D eigenvalue weighted by molar-refractivity contribution is 1.14. The SMILES string of the molecule is c1cnc(-c2cccc(-c3ccc4c(-c5ccc6ccccc6c5)c5ccccc5c(-c5ccc6ccccc6c5)c4c3)n2)nc1. The van der Waals surface area contributed by atoms with E-state index in [1.54, 1.807) is 12.4 Å². The topological polar surface area (TPSA) is 38.7 Å². The standard InChI is InChI=1S/C43H27N3/c1-3-11-30-25-33(19-17-28(30)9-1)41-35-13-5-6-14-36(35)42(34-20-18-29-10-2-4-12-31(29)26-34)38-27-32(21-22-37(38)41)39-15-7-16-40(46-39)43-44-23-8-24-45-43/h1-27H. The molecule has 214 valence electrons. The molecule has 0 atom stereocenters. The summed E-state index contributed by atoms with van der Waals surface area (Å²) in [7, 11) is 0. The first kappa shape index (κ1) is 26.2. The molecule has 2 heterocycles. The maximum absolute atomic E-state index is 5.02. The average Bonchev–Trinajstić information content (AvgIpc) is 3.13. The van der Waals surface area contributed by atoms with E-state index in [4.69, 9.17) is 4.98 Å². The molecular weight excluding hydrogens is 558 g/mol. The molecule has 3 heteroatoms. The highest BCUT2D eigenvalue weighted by atomic mass is 14.9. The van der Waals surface area contributed by atoms with Crippen LogP contribution >= 0.6 is 0 Å². The number of nitrogens with zero attached hydrogens (tertiary/aromatic N) is 3. The number of rotatable bonds is 4. The zero-order valence-corrected chi connectivity index (χ0v) is 24.9. The van der Waals surface area contributed by atoms with Crippen molar-refractivity contribution in [2.24, 2.45) is 0 Å². The second kappa shape index (κ2) is 10.8. The van der Waals surface area contributed by atoms with Gasteiger partial charge >= 0.3 is 0 Å². The van der Waals surface area contributed by atoms with Gasteiger partial charge in [-0.2, -0.15) is 0 Å². The smallest absolute Gasteiger partial charge is 0.178 e. The Bertz CT molecular complexity index is 2590. The molecule has 3 nitrogen and oxygen atoms in total. The van der Waals surface area contributed by atoms with Crippen LogP contribution in [0.25, 0.3) is 88.1 Å². The number of hydrogen-bond acceptors (Lipinski definition) is 3. The van der Waals surface area contributed by atoms with E-state index in [0.717, 1.165) is 17.0 Å². The van der Waals surface area contributed by atoms with E-state index in [2.05, 4.69) is 143 Å². The second-order valence-corrected chi connectivity index (χ2v) is 11.7. The molecule has 0 fully saturated rings. The van der Waals surface area contributed by atoms with Gasteiger partial charge in [0.05, 0.1) is 5.69 Å². The van der Waals surface area contributed by atoms with Crippen LogP contribution in [-0.4, -0.2) is 15.0 Å². The molecule has 0 aliphatic heterocycles. The first-order valence-electron chi connectivity index (χ1n) is 15.5. The van der Waals surface area contributed by atoms with Crippen molar-refractivity contribution in [3.8, 4) is 45.0 Å². The Kier molecular flexibility index (Phi) is 6.14. The molecule has 0 saturated heterocycles. The number of benzene rings is 7. The fourth-order valence-corrected chi connectivity index (χ4v) is 6.80. The third kappa shape index (κ3) is 4.41. The summed E-state index contributed by atoms with van der Waals surface area (Å²) < 4.78 is 0. The van der Waals surface area contributed by atoms with E-state index in [-0.39, 0.29) is 0 Å². The van der Waals surface area contributed by atoms with Crippen molar-refractivity contribution in [1.82, 2.24) is 15.0 Å². The van der Waals surface area contributed by atoms with Crippen LogP contribution in [0.1, 0.15) is 0 Å². The number of hydrogen-bond donors (Lipinski definition) is 0. The van der Waals surface area contributed by atoms with Crippen molar-refractivity contribution in [3.05, 3.63) is 164 Å². The molecule has 7 aromatic carbocycles. The van der Waals surface area contributed by atoms with E-state index in [9.17, 15) is 0 Å². The second-order valence-electron chi connectivity index (χ2n) is 11.7. The summed E-state index contributed by atoms with van der Waals surface area (Å²) in [6, 6.07) is 54.3. The minimum Gasteiger partial charge on any atom is -0.244 e. The van der Waals surface area contributed by atoms with E-state index in [1.165, 1.54) is 65.3 Å². The van der Waals surface area contributed by atoms with Crippen molar-refractivity contribution < 1.29 is 0 Å². The van der Waals surface area contributed by atoms with Gasteiger partial charge in [-0.3, -0.25) is 0 Å². The Morgan fingerprint density at radius 2 is 0.848 bits per heavy atom. The van der Waals surface area contributed by atoms with Gasteiger partial charge in [0.2, 0.25) is 0 Å². The third-order valence-electron chi connectivity index (χ3n) is 8.94. The number of fused-ring (bicyclic) bond motifs is 4. The molecule has 0 amide bonds. The first-order valence-corrected chi connectivity index (χ1v) is 15.5. The third-order valence-corrected chi connectivity index (χ3v) is 8.94. The molecular formula is C43H27N3. The van der Waals surface area contributed by atoms with Crippen LogP contribution in [0.4, 0.5) is 0 Å². The zero-order chi connectivity index (χ0) is 30.5. The van der Waals surface area contributed by atoms with Gasteiger partial charge < -0.3 is 0 Å². The van der Waals surface area contributed by atoms with Crippen LogP contribution in [0.5, 0.6) is 0 Å². The van der Waals surface area contributed by atoms with E-state index in [0.29, 0.717) is 5.82 Å². The van der Waals surface area contributed by atoms with Crippen molar-refractivity contribution in [3.63, 3.8) is 0 Å². The molecule has 0 bridgehead atoms. The summed E-state index contributed by atoms with van der Waals surface area (Å²) in [4.78, 5) is 13.9. The van der Waals surface area contributed by atoms with Crippen LogP contribution in [-0.2, 0) is 0 Å². The van der Waals surface area contributed by atoms with Gasteiger partial charge in [0.15, 0.2) is 5.82 Å². The van der Waals surface area contributed by atoms with Crippen LogP contribution < -0.4 is 0 Å². The molecule has 0 N–H and O–H groups in total. The minimum atomic E-state index is 0.617. The summed E-state index contributed by atoms with van der Waals surface area (Å²) in [5, 5.41) is 9.80. The van der Waals surface area contributed by atoms with Crippen molar-refractivity contribution in [2.45, 2.75) is 0 Å². The Balaban J connectivity index is 1.36. The molecule has 0 saturated carbocycles. The van der Waals surface area contributed by atoms with Gasteiger partial charge in [-0.05, 0) is 102 Å². The van der Waals surface area contributed by atoms with Crippen LogP contribution in [0.15, 0.2) is 164 Å². The summed E-state index contributed by atoms with van der Waals surface area (Å²) >= 11 is 0. The van der Waals surface area contributed by atoms with Crippen molar-refractivity contribution in [1.29, 1.82) is 0 Å². The predicted molar refractivity (Wildman–Crippen MR) is 192 cm³/mol. The molecule has 2 aromatic heterocycles. The van der Waals surface area contributed by atoms with Gasteiger partial charge in [0.1, 0.15) is 5.69 Å². The predicted octanol–water partition coefficient (Wildman–Crippen LogP) is 11.2. The zero-order valence-electron chi connectivity index (χ0n) is 24.9. The molecule has 46 heavy (non-hydrogen) atoms. The summed E-state index contributed by atoms with van der Waals surface area (Å²) in [5.41, 5.74) is 7.56. The average molecular weight is 586 g/mol. The molecule has 0 spiro atoms. The van der Waals surface area contributed by atoms with Crippen LogP contribution in [0.2, 0.25) is 0 Å². The van der Waals surface area contributed by atoms with Gasteiger partial charge in [-0.1, -0.05) is 115 Å². The number of pyridine rings is 1. The molecule has 9 aromatic rings. The van der Waals surface area contributed by atoms with Gasteiger partial charge in [0.25, 0.3) is 0 Å². The fourth-order valence-electron chi connectivity index (χ4n) is 6.80. The summed E-state index contributed by atoms with van der Waals surface area (Å²) in [5.74, 6) is 0.617. The summed E-state index contributed by atoms with van der Waals surface area (Å²) in [6.45, 7) is 0. The highest BCUT2D eigenvalue weighted by molar-refractivity contribution is 6.22. The van der Waals surface area contributed by atoms with Crippen molar-refractivity contribution in [2.75, 3.05) is 0 Å². The molecule has 9 rings (SSSR count). The molecule has 0 aliphatic rings. The maximum atomic E-state index is 5.02. The van der Waals surface area contributed by atoms with Gasteiger partial charge in [-0.15, -0.1) is 0 Å². The Labute approximate surface area is 266 Å². The normalized spacial score (nSPS) is 11.5.